The van der Waals surface area contributed by atoms with Gasteiger partial charge in [-0.2, -0.15) is 13.2 Å². The van der Waals surface area contributed by atoms with Crippen LogP contribution in [0.15, 0.2) is 42.5 Å². The van der Waals surface area contributed by atoms with Gasteiger partial charge < -0.3 is 9.47 Å². The van der Waals surface area contributed by atoms with Crippen molar-refractivity contribution in [2.75, 3.05) is 13.2 Å². The third kappa shape index (κ3) is 4.59. The van der Waals surface area contributed by atoms with Crippen molar-refractivity contribution in [3.05, 3.63) is 71.0 Å². The van der Waals surface area contributed by atoms with E-state index in [4.69, 9.17) is 9.47 Å². The molecule has 0 atom stereocenters. The Labute approximate surface area is 179 Å². The lowest BCUT2D eigenvalue weighted by Crippen LogP contribution is -2.24. The van der Waals surface area contributed by atoms with E-state index < -0.39 is 40.9 Å². The highest BCUT2D eigenvalue weighted by atomic mass is 19.4. The van der Waals surface area contributed by atoms with Crippen molar-refractivity contribution in [2.24, 2.45) is 5.92 Å². The van der Waals surface area contributed by atoms with Crippen molar-refractivity contribution in [2.45, 2.75) is 19.4 Å². The first-order chi connectivity index (χ1) is 15.1. The summed E-state index contributed by atoms with van der Waals surface area (Å²) in [7, 11) is 0. The summed E-state index contributed by atoms with van der Waals surface area (Å²) in [5.41, 5.74) is 0.550. The summed E-state index contributed by atoms with van der Waals surface area (Å²) in [5.74, 6) is -1.31. The van der Waals surface area contributed by atoms with Crippen LogP contribution >= 0.6 is 0 Å². The van der Waals surface area contributed by atoms with Crippen molar-refractivity contribution in [1.29, 1.82) is 0 Å². The predicted molar refractivity (Wildman–Crippen MR) is 106 cm³/mol. The topological polar surface area (TPSA) is 18.5 Å². The number of benzene rings is 3. The number of hydrogen-bond acceptors (Lipinski definition) is 2. The SMILES string of the molecule is CC1COC(c2ccc(-c3cc(F)c4c(F)c(C#CC(F)(F)F)c(F)cc4c3)cc2)OC1. The second kappa shape index (κ2) is 8.49. The van der Waals surface area contributed by atoms with Gasteiger partial charge in [-0.1, -0.05) is 37.1 Å². The molecule has 3 aromatic rings. The molecule has 166 valence electrons. The van der Waals surface area contributed by atoms with E-state index in [1.54, 1.807) is 24.3 Å². The maximum atomic E-state index is 14.7. The normalized spacial score (nSPS) is 19.0. The summed E-state index contributed by atoms with van der Waals surface area (Å²) in [6.07, 6.45) is -5.44. The fourth-order valence-electron chi connectivity index (χ4n) is 3.45. The van der Waals surface area contributed by atoms with E-state index in [2.05, 4.69) is 0 Å². The van der Waals surface area contributed by atoms with E-state index in [1.165, 1.54) is 12.0 Å². The van der Waals surface area contributed by atoms with Crippen LogP contribution in [-0.2, 0) is 9.47 Å². The van der Waals surface area contributed by atoms with Gasteiger partial charge in [0.2, 0.25) is 0 Å². The van der Waals surface area contributed by atoms with E-state index >= 15 is 0 Å². The third-order valence-corrected chi connectivity index (χ3v) is 4.99. The van der Waals surface area contributed by atoms with Crippen molar-refractivity contribution in [1.82, 2.24) is 0 Å². The highest BCUT2D eigenvalue weighted by Crippen LogP contribution is 2.33. The molecule has 0 aliphatic carbocycles. The van der Waals surface area contributed by atoms with Crippen molar-refractivity contribution in [3.8, 4) is 23.0 Å². The lowest BCUT2D eigenvalue weighted by molar-refractivity contribution is -0.202. The summed E-state index contributed by atoms with van der Waals surface area (Å²) >= 11 is 0. The van der Waals surface area contributed by atoms with Crippen LogP contribution in [0, 0.1) is 35.2 Å². The summed E-state index contributed by atoms with van der Waals surface area (Å²) in [6, 6.07) is 10.0. The number of ether oxygens (including phenoxy) is 2. The second-order valence-corrected chi connectivity index (χ2v) is 7.58. The first kappa shape index (κ1) is 22.2. The number of hydrogen-bond donors (Lipinski definition) is 0. The summed E-state index contributed by atoms with van der Waals surface area (Å²) in [6.45, 7) is 3.13. The molecule has 0 spiro atoms. The monoisotopic (exact) mass is 450 g/mol. The van der Waals surface area contributed by atoms with Gasteiger partial charge in [0.1, 0.15) is 11.6 Å². The molecule has 1 heterocycles. The highest BCUT2D eigenvalue weighted by molar-refractivity contribution is 5.89. The van der Waals surface area contributed by atoms with Gasteiger partial charge in [0.05, 0.1) is 24.2 Å². The van der Waals surface area contributed by atoms with E-state index in [9.17, 15) is 26.3 Å². The van der Waals surface area contributed by atoms with E-state index in [0.29, 0.717) is 30.3 Å². The maximum absolute atomic E-state index is 14.7. The van der Waals surface area contributed by atoms with Crippen LogP contribution in [0.2, 0.25) is 0 Å². The molecule has 0 saturated carbocycles. The Hall–Kier alpha value is -3.02. The Bertz CT molecular complexity index is 1210. The zero-order chi connectivity index (χ0) is 23.0. The lowest BCUT2D eigenvalue weighted by Gasteiger charge is -2.27. The van der Waals surface area contributed by atoms with Gasteiger partial charge in [0.15, 0.2) is 12.1 Å². The van der Waals surface area contributed by atoms with Crippen LogP contribution in [0.4, 0.5) is 26.3 Å². The fourth-order valence-corrected chi connectivity index (χ4v) is 3.45. The number of fused-ring (bicyclic) bond motifs is 1. The molecular weight excluding hydrogens is 434 g/mol. The molecular formula is C24H16F6O2. The largest absolute Gasteiger partial charge is 0.458 e. The molecule has 0 bridgehead atoms. The average Bonchev–Trinajstić information content (AvgIpc) is 2.73. The zero-order valence-electron chi connectivity index (χ0n) is 16.7. The van der Waals surface area contributed by atoms with Gasteiger partial charge in [0.25, 0.3) is 0 Å². The molecule has 0 unspecified atom stereocenters. The Morgan fingerprint density at radius 2 is 1.53 bits per heavy atom. The van der Waals surface area contributed by atoms with Gasteiger partial charge in [-0.25, -0.2) is 13.2 Å². The first-order valence-corrected chi connectivity index (χ1v) is 9.67. The molecule has 3 aromatic carbocycles. The Morgan fingerprint density at radius 1 is 0.875 bits per heavy atom. The van der Waals surface area contributed by atoms with Crippen LogP contribution in [-0.4, -0.2) is 19.4 Å². The highest BCUT2D eigenvalue weighted by Gasteiger charge is 2.24. The molecule has 0 amide bonds. The van der Waals surface area contributed by atoms with Crippen molar-refractivity contribution >= 4 is 10.8 Å². The third-order valence-electron chi connectivity index (χ3n) is 4.99. The molecule has 0 N–H and O–H groups in total. The average molecular weight is 450 g/mol. The minimum atomic E-state index is -4.94. The van der Waals surface area contributed by atoms with Gasteiger partial charge in [-0.05, 0) is 34.7 Å². The molecule has 4 rings (SSSR count). The molecule has 0 radical (unpaired) electrons. The standard InChI is InChI=1S/C24H16F6O2/c1-13-11-31-23(32-12-13)15-4-2-14(3-5-15)16-8-17-10-19(25)18(6-7-24(28,29)30)22(27)21(17)20(26)9-16/h2-5,8-10,13,23H,11-12H2,1H3. The maximum Gasteiger partial charge on any atom is 0.458 e. The van der Waals surface area contributed by atoms with E-state index in [-0.39, 0.29) is 5.39 Å². The Kier molecular flexibility index (Phi) is 5.89. The fraction of sp³-hybridized carbons (Fsp3) is 0.250. The van der Waals surface area contributed by atoms with Crippen LogP contribution in [0.25, 0.3) is 21.9 Å². The van der Waals surface area contributed by atoms with Gasteiger partial charge in [-0.15, -0.1) is 0 Å². The number of halogens is 6. The molecule has 1 aliphatic heterocycles. The molecule has 1 fully saturated rings. The van der Waals surface area contributed by atoms with Gasteiger partial charge >= 0.3 is 6.18 Å². The van der Waals surface area contributed by atoms with E-state index in [0.717, 1.165) is 23.6 Å². The summed E-state index contributed by atoms with van der Waals surface area (Å²) in [4.78, 5) is 0. The molecule has 8 heteroatoms. The van der Waals surface area contributed by atoms with Crippen LogP contribution in [0.3, 0.4) is 0 Å². The van der Waals surface area contributed by atoms with Crippen LogP contribution < -0.4 is 0 Å². The lowest BCUT2D eigenvalue weighted by atomic mass is 9.97. The van der Waals surface area contributed by atoms with Crippen molar-refractivity contribution in [3.63, 3.8) is 0 Å². The van der Waals surface area contributed by atoms with Crippen molar-refractivity contribution < 1.29 is 35.8 Å². The molecule has 0 aromatic heterocycles. The minimum Gasteiger partial charge on any atom is -0.348 e. The smallest absolute Gasteiger partial charge is 0.348 e. The zero-order valence-corrected chi connectivity index (χ0v) is 16.7. The van der Waals surface area contributed by atoms with E-state index in [1.807, 2.05) is 6.92 Å². The Balaban J connectivity index is 1.70. The molecule has 1 saturated heterocycles. The summed E-state index contributed by atoms with van der Waals surface area (Å²) in [5, 5.41) is -0.763. The van der Waals surface area contributed by atoms with Gasteiger partial charge in [0, 0.05) is 17.4 Å². The Morgan fingerprint density at radius 3 is 2.16 bits per heavy atom. The second-order valence-electron chi connectivity index (χ2n) is 7.58. The molecule has 2 nitrogen and oxygen atoms in total. The van der Waals surface area contributed by atoms with Crippen LogP contribution in [0.1, 0.15) is 24.3 Å². The molecule has 1 aliphatic rings. The predicted octanol–water partition coefficient (Wildman–Crippen LogP) is 6.52. The summed E-state index contributed by atoms with van der Waals surface area (Å²) < 4.78 is 91.7. The van der Waals surface area contributed by atoms with Crippen LogP contribution in [0.5, 0.6) is 0 Å². The first-order valence-electron chi connectivity index (χ1n) is 9.67. The minimum absolute atomic E-state index is 0.135. The quantitative estimate of drug-likeness (QED) is 0.327. The number of alkyl halides is 3. The molecule has 32 heavy (non-hydrogen) atoms. The van der Waals surface area contributed by atoms with Gasteiger partial charge in [-0.3, -0.25) is 0 Å². The number of rotatable bonds is 2.